The van der Waals surface area contributed by atoms with Gasteiger partial charge in [-0.2, -0.15) is 0 Å². The van der Waals surface area contributed by atoms with Crippen LogP contribution in [0.5, 0.6) is 0 Å². The number of amides is 1. The predicted molar refractivity (Wildman–Crippen MR) is 52.9 cm³/mol. The third-order valence-electron chi connectivity index (χ3n) is 1.93. The summed E-state index contributed by atoms with van der Waals surface area (Å²) in [5.74, 6) is 0.304. The topological polar surface area (TPSA) is 20.3 Å². The Balaban J connectivity index is 2.42. The lowest BCUT2D eigenvalue weighted by atomic mass is 10.1. The SMILES string of the molecule is CCCCN1SC(C)(C)CC1=O. The zero-order valence-corrected chi connectivity index (χ0v) is 8.91. The van der Waals surface area contributed by atoms with Crippen molar-refractivity contribution in [3.8, 4) is 0 Å². The lowest BCUT2D eigenvalue weighted by Gasteiger charge is -2.17. The van der Waals surface area contributed by atoms with Crippen LogP contribution in [0.4, 0.5) is 0 Å². The van der Waals surface area contributed by atoms with E-state index < -0.39 is 0 Å². The molecule has 70 valence electrons. The molecule has 1 fully saturated rings. The Kier molecular flexibility index (Phi) is 3.04. The number of nitrogens with zero attached hydrogens (tertiary/aromatic N) is 1. The molecule has 1 rings (SSSR count). The molecular formula is C9H17NOS. The van der Waals surface area contributed by atoms with Gasteiger partial charge in [-0.25, -0.2) is 0 Å². The van der Waals surface area contributed by atoms with Gasteiger partial charge in [0.1, 0.15) is 0 Å². The van der Waals surface area contributed by atoms with Crippen molar-refractivity contribution in [3.05, 3.63) is 0 Å². The minimum Gasteiger partial charge on any atom is -0.286 e. The van der Waals surface area contributed by atoms with Gasteiger partial charge in [0, 0.05) is 17.7 Å². The van der Waals surface area contributed by atoms with E-state index >= 15 is 0 Å². The first-order valence-corrected chi connectivity index (χ1v) is 5.32. The molecule has 0 radical (unpaired) electrons. The largest absolute Gasteiger partial charge is 0.286 e. The van der Waals surface area contributed by atoms with Gasteiger partial charge in [-0.15, -0.1) is 0 Å². The molecule has 0 bridgehead atoms. The molecule has 0 N–H and O–H groups in total. The maximum Gasteiger partial charge on any atom is 0.233 e. The smallest absolute Gasteiger partial charge is 0.233 e. The Morgan fingerprint density at radius 1 is 1.58 bits per heavy atom. The highest BCUT2D eigenvalue weighted by Gasteiger charge is 2.36. The molecule has 3 heteroatoms. The van der Waals surface area contributed by atoms with Crippen molar-refractivity contribution in [2.75, 3.05) is 6.54 Å². The molecular weight excluding hydrogens is 170 g/mol. The zero-order valence-electron chi connectivity index (χ0n) is 8.09. The highest BCUT2D eigenvalue weighted by molar-refractivity contribution is 7.99. The molecule has 1 heterocycles. The Morgan fingerprint density at radius 2 is 2.25 bits per heavy atom. The van der Waals surface area contributed by atoms with Crippen LogP contribution in [0, 0.1) is 0 Å². The standard InChI is InChI=1S/C9H17NOS/c1-4-5-6-10-8(11)7-9(2,3)12-10/h4-7H2,1-3H3. The van der Waals surface area contributed by atoms with Crippen LogP contribution in [0.25, 0.3) is 0 Å². The predicted octanol–water partition coefficient (Wildman–Crippen LogP) is 2.45. The van der Waals surface area contributed by atoms with Crippen LogP contribution in [-0.2, 0) is 4.79 Å². The van der Waals surface area contributed by atoms with Gasteiger partial charge in [0.25, 0.3) is 0 Å². The lowest BCUT2D eigenvalue weighted by molar-refractivity contribution is -0.125. The summed E-state index contributed by atoms with van der Waals surface area (Å²) < 4.78 is 2.05. The number of hydrogen-bond acceptors (Lipinski definition) is 2. The number of hydrogen-bond donors (Lipinski definition) is 0. The van der Waals surface area contributed by atoms with Crippen LogP contribution in [0.2, 0.25) is 0 Å². The molecule has 1 amide bonds. The summed E-state index contributed by atoms with van der Waals surface area (Å²) in [5, 5.41) is 0. The number of unbranched alkanes of at least 4 members (excludes halogenated alkanes) is 1. The molecule has 1 aliphatic rings. The fraction of sp³-hybridized carbons (Fsp3) is 0.889. The highest BCUT2D eigenvalue weighted by Crippen LogP contribution is 2.39. The van der Waals surface area contributed by atoms with Gasteiger partial charge in [-0.1, -0.05) is 13.3 Å². The quantitative estimate of drug-likeness (QED) is 0.632. The zero-order chi connectivity index (χ0) is 9.19. The molecule has 12 heavy (non-hydrogen) atoms. The Morgan fingerprint density at radius 3 is 2.67 bits per heavy atom. The molecule has 0 aromatic heterocycles. The van der Waals surface area contributed by atoms with E-state index in [0.29, 0.717) is 12.3 Å². The second-order valence-electron chi connectivity index (χ2n) is 3.88. The van der Waals surface area contributed by atoms with Crippen molar-refractivity contribution in [1.29, 1.82) is 0 Å². The van der Waals surface area contributed by atoms with E-state index in [0.717, 1.165) is 19.4 Å². The molecule has 0 aliphatic carbocycles. The van der Waals surface area contributed by atoms with Gasteiger partial charge in [0.15, 0.2) is 0 Å². The molecule has 0 unspecified atom stereocenters. The monoisotopic (exact) mass is 187 g/mol. The minimum absolute atomic E-state index is 0.130. The van der Waals surface area contributed by atoms with E-state index in [1.807, 2.05) is 4.31 Å². The Bertz CT molecular complexity index is 179. The van der Waals surface area contributed by atoms with E-state index in [2.05, 4.69) is 20.8 Å². The summed E-state index contributed by atoms with van der Waals surface area (Å²) in [6.45, 7) is 7.32. The normalized spacial score (nSPS) is 21.9. The fourth-order valence-corrected chi connectivity index (χ4v) is 2.48. The minimum atomic E-state index is 0.130. The van der Waals surface area contributed by atoms with Crippen LogP contribution >= 0.6 is 11.9 Å². The first-order chi connectivity index (χ1) is 5.55. The van der Waals surface area contributed by atoms with Crippen LogP contribution in [0.15, 0.2) is 0 Å². The molecule has 0 aromatic carbocycles. The second kappa shape index (κ2) is 3.69. The van der Waals surface area contributed by atoms with Crippen molar-refractivity contribution in [1.82, 2.24) is 4.31 Å². The average Bonchev–Trinajstić information content (AvgIpc) is 2.20. The van der Waals surface area contributed by atoms with E-state index in [9.17, 15) is 4.79 Å². The van der Waals surface area contributed by atoms with Crippen molar-refractivity contribution < 1.29 is 4.79 Å². The molecule has 0 spiro atoms. The molecule has 0 atom stereocenters. The number of carbonyl (C=O) groups is 1. The summed E-state index contributed by atoms with van der Waals surface area (Å²) in [7, 11) is 0. The molecule has 0 aromatic rings. The molecule has 1 saturated heterocycles. The fourth-order valence-electron chi connectivity index (χ4n) is 1.31. The van der Waals surface area contributed by atoms with Crippen molar-refractivity contribution in [3.63, 3.8) is 0 Å². The van der Waals surface area contributed by atoms with E-state index in [1.165, 1.54) is 0 Å². The summed E-state index contributed by atoms with van der Waals surface area (Å²) in [4.78, 5) is 11.4. The second-order valence-corrected chi connectivity index (χ2v) is 5.61. The summed E-state index contributed by atoms with van der Waals surface area (Å²) >= 11 is 1.70. The highest BCUT2D eigenvalue weighted by atomic mass is 32.2. The Hall–Kier alpha value is -0.180. The number of rotatable bonds is 3. The molecule has 0 saturated carbocycles. The van der Waals surface area contributed by atoms with Crippen molar-refractivity contribution in [2.45, 2.75) is 44.8 Å². The third-order valence-corrected chi connectivity index (χ3v) is 3.17. The van der Waals surface area contributed by atoms with Gasteiger partial charge in [0.2, 0.25) is 5.91 Å². The van der Waals surface area contributed by atoms with Crippen LogP contribution < -0.4 is 0 Å². The average molecular weight is 187 g/mol. The van der Waals surface area contributed by atoms with Crippen LogP contribution in [-0.4, -0.2) is 21.5 Å². The van der Waals surface area contributed by atoms with Gasteiger partial charge in [-0.3, -0.25) is 9.10 Å². The first kappa shape index (κ1) is 9.90. The maximum atomic E-state index is 11.4. The summed E-state index contributed by atoms with van der Waals surface area (Å²) in [6.07, 6.45) is 2.97. The van der Waals surface area contributed by atoms with Gasteiger partial charge < -0.3 is 0 Å². The van der Waals surface area contributed by atoms with E-state index in [-0.39, 0.29) is 4.75 Å². The first-order valence-electron chi connectivity index (χ1n) is 4.54. The Labute approximate surface area is 78.8 Å². The summed E-state index contributed by atoms with van der Waals surface area (Å²) in [6, 6.07) is 0. The van der Waals surface area contributed by atoms with Crippen molar-refractivity contribution >= 4 is 17.9 Å². The van der Waals surface area contributed by atoms with Gasteiger partial charge in [0.05, 0.1) is 0 Å². The third kappa shape index (κ3) is 2.41. The molecule has 1 aliphatic heterocycles. The number of carbonyl (C=O) groups excluding carboxylic acids is 1. The maximum absolute atomic E-state index is 11.4. The van der Waals surface area contributed by atoms with E-state index in [1.54, 1.807) is 11.9 Å². The van der Waals surface area contributed by atoms with Crippen molar-refractivity contribution in [2.24, 2.45) is 0 Å². The van der Waals surface area contributed by atoms with Gasteiger partial charge >= 0.3 is 0 Å². The van der Waals surface area contributed by atoms with Crippen LogP contribution in [0.1, 0.15) is 40.0 Å². The van der Waals surface area contributed by atoms with Crippen LogP contribution in [0.3, 0.4) is 0 Å². The summed E-state index contributed by atoms with van der Waals surface area (Å²) in [5.41, 5.74) is 0. The van der Waals surface area contributed by atoms with E-state index in [4.69, 9.17) is 0 Å². The molecule has 2 nitrogen and oxygen atoms in total. The lowest BCUT2D eigenvalue weighted by Crippen LogP contribution is -2.18. The van der Waals surface area contributed by atoms with Gasteiger partial charge in [-0.05, 0) is 32.2 Å².